The molecular formula is C20H28N6O2. The van der Waals surface area contributed by atoms with Crippen LogP contribution in [-0.4, -0.2) is 60.2 Å². The second kappa shape index (κ2) is 8.99. The highest BCUT2D eigenvalue weighted by atomic mass is 16.2. The van der Waals surface area contributed by atoms with Crippen LogP contribution in [0.4, 0.5) is 0 Å². The van der Waals surface area contributed by atoms with Gasteiger partial charge in [-0.25, -0.2) is 0 Å². The standard InChI is InChI=1S/C20H28N6O2/c1-25(2)10-9-22-19(27)15-6-4-5-14(11-15)12-23-20(28)18-16-13-21-8-7-17(16)26(3)24-18/h4-6,11,21H,7-10,12-13H2,1-3H3,(H,22,27)(H,23,28). The molecule has 0 fully saturated rings. The molecule has 2 aromatic rings. The Balaban J connectivity index is 1.60. The molecule has 0 saturated heterocycles. The molecule has 1 aromatic carbocycles. The van der Waals surface area contributed by atoms with Gasteiger partial charge in [-0.1, -0.05) is 12.1 Å². The Morgan fingerprint density at radius 2 is 2.07 bits per heavy atom. The maximum Gasteiger partial charge on any atom is 0.272 e. The van der Waals surface area contributed by atoms with E-state index in [0.717, 1.165) is 36.3 Å². The highest BCUT2D eigenvalue weighted by Gasteiger charge is 2.23. The predicted molar refractivity (Wildman–Crippen MR) is 107 cm³/mol. The molecule has 1 aromatic heterocycles. The van der Waals surface area contributed by atoms with Crippen molar-refractivity contribution >= 4 is 11.8 Å². The molecule has 0 spiro atoms. The molecule has 0 bridgehead atoms. The first-order chi connectivity index (χ1) is 13.5. The van der Waals surface area contributed by atoms with Crippen LogP contribution in [-0.2, 0) is 26.6 Å². The Hall–Kier alpha value is -2.71. The van der Waals surface area contributed by atoms with Gasteiger partial charge < -0.3 is 20.9 Å². The van der Waals surface area contributed by atoms with Crippen molar-refractivity contribution < 1.29 is 9.59 Å². The van der Waals surface area contributed by atoms with Crippen LogP contribution in [0.3, 0.4) is 0 Å². The van der Waals surface area contributed by atoms with Gasteiger partial charge in [-0.2, -0.15) is 5.10 Å². The van der Waals surface area contributed by atoms with E-state index in [2.05, 4.69) is 21.0 Å². The zero-order valence-corrected chi connectivity index (χ0v) is 16.7. The third-order valence-electron chi connectivity index (χ3n) is 4.82. The van der Waals surface area contributed by atoms with Crippen LogP contribution in [0.15, 0.2) is 24.3 Å². The van der Waals surface area contributed by atoms with E-state index in [4.69, 9.17) is 0 Å². The van der Waals surface area contributed by atoms with Gasteiger partial charge in [0.1, 0.15) is 0 Å². The minimum atomic E-state index is -0.193. The molecule has 2 heterocycles. The normalized spacial score (nSPS) is 13.3. The molecule has 0 saturated carbocycles. The van der Waals surface area contributed by atoms with Crippen LogP contribution in [0, 0.1) is 0 Å². The van der Waals surface area contributed by atoms with Crippen LogP contribution in [0.25, 0.3) is 0 Å². The molecule has 2 amide bonds. The lowest BCUT2D eigenvalue weighted by molar-refractivity contribution is 0.0940. The molecule has 0 atom stereocenters. The zero-order chi connectivity index (χ0) is 20.1. The van der Waals surface area contributed by atoms with E-state index >= 15 is 0 Å². The fraction of sp³-hybridized carbons (Fsp3) is 0.450. The highest BCUT2D eigenvalue weighted by molar-refractivity contribution is 5.95. The first kappa shape index (κ1) is 20.0. The summed E-state index contributed by atoms with van der Waals surface area (Å²) in [6, 6.07) is 7.30. The summed E-state index contributed by atoms with van der Waals surface area (Å²) in [5, 5.41) is 13.5. The number of aryl methyl sites for hydroxylation is 1. The largest absolute Gasteiger partial charge is 0.351 e. The fourth-order valence-corrected chi connectivity index (χ4v) is 3.29. The van der Waals surface area contributed by atoms with Crippen LogP contribution >= 0.6 is 0 Å². The highest BCUT2D eigenvalue weighted by Crippen LogP contribution is 2.17. The minimum Gasteiger partial charge on any atom is -0.351 e. The SMILES string of the molecule is CN(C)CCNC(=O)c1cccc(CNC(=O)c2nn(C)c3c2CNCC3)c1. The second-order valence-corrected chi connectivity index (χ2v) is 7.27. The third kappa shape index (κ3) is 4.76. The molecule has 0 aliphatic carbocycles. The number of fused-ring (bicyclic) bond motifs is 1. The molecule has 3 rings (SSSR count). The first-order valence-electron chi connectivity index (χ1n) is 9.51. The van der Waals surface area contributed by atoms with Gasteiger partial charge in [0.15, 0.2) is 5.69 Å². The van der Waals surface area contributed by atoms with E-state index in [9.17, 15) is 9.59 Å². The van der Waals surface area contributed by atoms with E-state index < -0.39 is 0 Å². The van der Waals surface area contributed by atoms with Crippen LogP contribution < -0.4 is 16.0 Å². The quantitative estimate of drug-likeness (QED) is 0.638. The summed E-state index contributed by atoms with van der Waals surface area (Å²) in [5.74, 6) is -0.304. The number of hydrogen-bond donors (Lipinski definition) is 3. The Morgan fingerprint density at radius 3 is 2.86 bits per heavy atom. The van der Waals surface area contributed by atoms with Crippen LogP contribution in [0.5, 0.6) is 0 Å². The molecule has 28 heavy (non-hydrogen) atoms. The lowest BCUT2D eigenvalue weighted by atomic mass is 10.1. The summed E-state index contributed by atoms with van der Waals surface area (Å²) in [6.45, 7) is 3.28. The average Bonchev–Trinajstić information content (AvgIpc) is 3.03. The molecule has 0 radical (unpaired) electrons. The summed E-state index contributed by atoms with van der Waals surface area (Å²) in [5.41, 5.74) is 4.02. The van der Waals surface area contributed by atoms with Gasteiger partial charge in [-0.3, -0.25) is 14.3 Å². The number of amides is 2. The number of likely N-dealkylation sites (N-methyl/N-ethyl adjacent to an activating group) is 1. The van der Waals surface area contributed by atoms with Crippen molar-refractivity contribution in [3.63, 3.8) is 0 Å². The summed E-state index contributed by atoms with van der Waals surface area (Å²) in [6.07, 6.45) is 0.872. The summed E-state index contributed by atoms with van der Waals surface area (Å²) >= 11 is 0. The maximum atomic E-state index is 12.6. The molecule has 150 valence electrons. The summed E-state index contributed by atoms with van der Waals surface area (Å²) < 4.78 is 1.80. The first-order valence-corrected chi connectivity index (χ1v) is 9.51. The molecule has 3 N–H and O–H groups in total. The van der Waals surface area contributed by atoms with Crippen molar-refractivity contribution in [2.45, 2.75) is 19.5 Å². The van der Waals surface area contributed by atoms with Crippen molar-refractivity contribution in [3.8, 4) is 0 Å². The molecule has 1 aliphatic heterocycles. The lowest BCUT2D eigenvalue weighted by Crippen LogP contribution is -2.31. The number of hydrogen-bond acceptors (Lipinski definition) is 5. The predicted octanol–water partition coefficient (Wildman–Crippen LogP) is 0.287. The van der Waals surface area contributed by atoms with E-state index in [0.29, 0.717) is 30.9 Å². The number of aromatic nitrogens is 2. The Morgan fingerprint density at radius 1 is 1.25 bits per heavy atom. The smallest absolute Gasteiger partial charge is 0.272 e. The lowest BCUT2D eigenvalue weighted by Gasteiger charge is -2.14. The van der Waals surface area contributed by atoms with Gasteiger partial charge in [-0.05, 0) is 31.8 Å². The second-order valence-electron chi connectivity index (χ2n) is 7.27. The van der Waals surface area contributed by atoms with E-state index in [1.54, 1.807) is 16.8 Å². The van der Waals surface area contributed by atoms with Gasteiger partial charge in [-0.15, -0.1) is 0 Å². The van der Waals surface area contributed by atoms with Gasteiger partial charge in [0.2, 0.25) is 0 Å². The van der Waals surface area contributed by atoms with Crippen molar-refractivity contribution in [2.75, 3.05) is 33.7 Å². The number of nitrogens with one attached hydrogen (secondary N) is 3. The minimum absolute atomic E-state index is 0.111. The molecule has 8 nitrogen and oxygen atoms in total. The Bertz CT molecular complexity index is 858. The fourth-order valence-electron chi connectivity index (χ4n) is 3.29. The number of benzene rings is 1. The van der Waals surface area contributed by atoms with Crippen molar-refractivity contribution in [2.24, 2.45) is 7.05 Å². The van der Waals surface area contributed by atoms with Crippen molar-refractivity contribution in [3.05, 3.63) is 52.3 Å². The van der Waals surface area contributed by atoms with E-state index in [-0.39, 0.29) is 11.8 Å². The topological polar surface area (TPSA) is 91.3 Å². The number of carbonyl (C=O) groups excluding carboxylic acids is 2. The van der Waals surface area contributed by atoms with Gasteiger partial charge >= 0.3 is 0 Å². The third-order valence-corrected chi connectivity index (χ3v) is 4.82. The van der Waals surface area contributed by atoms with Gasteiger partial charge in [0, 0.05) is 63.0 Å². The van der Waals surface area contributed by atoms with E-state index in [1.807, 2.05) is 38.2 Å². The number of nitrogens with zero attached hydrogens (tertiary/aromatic N) is 3. The van der Waals surface area contributed by atoms with Crippen molar-refractivity contribution in [1.29, 1.82) is 0 Å². The van der Waals surface area contributed by atoms with E-state index in [1.165, 1.54) is 0 Å². The number of rotatable bonds is 7. The molecule has 0 unspecified atom stereocenters. The number of carbonyl (C=O) groups is 2. The maximum absolute atomic E-state index is 12.6. The summed E-state index contributed by atoms with van der Waals surface area (Å²) in [7, 11) is 5.80. The monoisotopic (exact) mass is 384 g/mol. The van der Waals surface area contributed by atoms with Crippen LogP contribution in [0.1, 0.15) is 37.7 Å². The molecule has 1 aliphatic rings. The van der Waals surface area contributed by atoms with Gasteiger partial charge in [0.05, 0.1) is 0 Å². The van der Waals surface area contributed by atoms with Gasteiger partial charge in [0.25, 0.3) is 11.8 Å². The average molecular weight is 384 g/mol. The summed E-state index contributed by atoms with van der Waals surface area (Å²) in [4.78, 5) is 26.9. The van der Waals surface area contributed by atoms with Crippen LogP contribution in [0.2, 0.25) is 0 Å². The Labute approximate surface area is 165 Å². The van der Waals surface area contributed by atoms with Crippen molar-refractivity contribution in [1.82, 2.24) is 30.6 Å². The molecular weight excluding hydrogens is 356 g/mol. The Kier molecular flexibility index (Phi) is 6.43. The molecule has 8 heteroatoms. The zero-order valence-electron chi connectivity index (χ0n) is 16.7.